The summed E-state index contributed by atoms with van der Waals surface area (Å²) in [5.74, 6) is 0. The molecular weight excluding hydrogens is 216 g/mol. The van der Waals surface area contributed by atoms with Crippen molar-refractivity contribution in [1.82, 2.24) is 0 Å². The Balaban J connectivity index is 0.000000281. The number of rotatable bonds is 2. The molecule has 1 aliphatic heterocycles. The van der Waals surface area contributed by atoms with Crippen molar-refractivity contribution in [2.45, 2.75) is 26.7 Å². The van der Waals surface area contributed by atoms with E-state index in [9.17, 15) is 9.59 Å². The van der Waals surface area contributed by atoms with Crippen LogP contribution in [-0.2, 0) is 18.9 Å². The highest BCUT2D eigenvalue weighted by Crippen LogP contribution is 1.99. The van der Waals surface area contributed by atoms with Gasteiger partial charge in [-0.1, -0.05) is 0 Å². The average Bonchev–Trinajstić information content (AvgIpc) is 2.47. The van der Waals surface area contributed by atoms with Crippen molar-refractivity contribution in [3.8, 4) is 0 Å². The van der Waals surface area contributed by atoms with Crippen LogP contribution in [0.25, 0.3) is 0 Å². The van der Waals surface area contributed by atoms with Gasteiger partial charge in [-0.2, -0.15) is 0 Å². The minimum Gasteiger partial charge on any atom is -0.435 e. The molecule has 0 N–H and O–H groups in total. The fourth-order valence-electron chi connectivity index (χ4n) is 0.834. The van der Waals surface area contributed by atoms with Gasteiger partial charge in [-0.25, -0.2) is 9.59 Å². The second-order valence-corrected chi connectivity index (χ2v) is 2.77. The van der Waals surface area contributed by atoms with Gasteiger partial charge < -0.3 is 18.9 Å². The SMILES string of the molecule is CCOC(=O)OCC.O=C1OCCCCO1. The van der Waals surface area contributed by atoms with E-state index in [2.05, 4.69) is 18.9 Å². The van der Waals surface area contributed by atoms with Gasteiger partial charge in [-0.3, -0.25) is 0 Å². The summed E-state index contributed by atoms with van der Waals surface area (Å²) in [6, 6.07) is 0. The molecule has 0 atom stereocenters. The summed E-state index contributed by atoms with van der Waals surface area (Å²) in [4.78, 5) is 20.4. The molecule has 0 aromatic heterocycles. The molecule has 6 heteroatoms. The molecule has 0 saturated carbocycles. The Bertz CT molecular complexity index is 183. The molecule has 1 rings (SSSR count). The van der Waals surface area contributed by atoms with Crippen LogP contribution in [0.4, 0.5) is 9.59 Å². The number of carbonyl (C=O) groups excluding carboxylic acids is 2. The summed E-state index contributed by atoms with van der Waals surface area (Å²) in [5.41, 5.74) is 0. The van der Waals surface area contributed by atoms with Crippen molar-refractivity contribution in [2.24, 2.45) is 0 Å². The van der Waals surface area contributed by atoms with E-state index in [1.807, 2.05) is 0 Å². The zero-order valence-electron chi connectivity index (χ0n) is 9.69. The van der Waals surface area contributed by atoms with Gasteiger partial charge in [-0.15, -0.1) is 0 Å². The minimum atomic E-state index is -0.588. The Kier molecular flexibility index (Phi) is 9.15. The molecule has 0 bridgehead atoms. The van der Waals surface area contributed by atoms with Crippen molar-refractivity contribution >= 4 is 12.3 Å². The molecule has 1 saturated heterocycles. The van der Waals surface area contributed by atoms with Crippen molar-refractivity contribution in [3.63, 3.8) is 0 Å². The second kappa shape index (κ2) is 10.1. The first-order chi connectivity index (χ1) is 7.70. The highest BCUT2D eigenvalue weighted by molar-refractivity contribution is 5.60. The van der Waals surface area contributed by atoms with Crippen LogP contribution in [0.1, 0.15) is 26.7 Å². The van der Waals surface area contributed by atoms with E-state index in [0.29, 0.717) is 26.4 Å². The molecular formula is C10H18O6. The molecule has 0 amide bonds. The van der Waals surface area contributed by atoms with E-state index in [1.165, 1.54) is 0 Å². The zero-order valence-corrected chi connectivity index (χ0v) is 9.69. The molecule has 0 spiro atoms. The maximum absolute atomic E-state index is 10.2. The topological polar surface area (TPSA) is 71.1 Å². The van der Waals surface area contributed by atoms with Crippen molar-refractivity contribution < 1.29 is 28.5 Å². The number of hydrogen-bond acceptors (Lipinski definition) is 6. The quantitative estimate of drug-likeness (QED) is 0.681. The van der Waals surface area contributed by atoms with Crippen LogP contribution in [-0.4, -0.2) is 38.7 Å². The van der Waals surface area contributed by atoms with Crippen molar-refractivity contribution in [3.05, 3.63) is 0 Å². The third-order valence-corrected chi connectivity index (χ3v) is 1.50. The van der Waals surface area contributed by atoms with E-state index < -0.39 is 12.3 Å². The van der Waals surface area contributed by atoms with E-state index in [4.69, 9.17) is 0 Å². The Hall–Kier alpha value is -1.46. The predicted octanol–water partition coefficient (Wildman–Crippen LogP) is 2.11. The van der Waals surface area contributed by atoms with Gasteiger partial charge in [0.2, 0.25) is 0 Å². The number of cyclic esters (lactones) is 2. The molecule has 0 aromatic carbocycles. The lowest BCUT2D eigenvalue weighted by molar-refractivity contribution is 0.0629. The molecule has 1 aliphatic rings. The first kappa shape index (κ1) is 14.5. The minimum absolute atomic E-state index is 0.374. The smallest absolute Gasteiger partial charge is 0.435 e. The number of hydrogen-bond donors (Lipinski definition) is 0. The van der Waals surface area contributed by atoms with Crippen LogP contribution in [0.5, 0.6) is 0 Å². The highest BCUT2D eigenvalue weighted by Gasteiger charge is 2.06. The normalized spacial score (nSPS) is 14.5. The van der Waals surface area contributed by atoms with Crippen LogP contribution < -0.4 is 0 Å². The number of ether oxygens (including phenoxy) is 4. The van der Waals surface area contributed by atoms with Crippen LogP contribution in [0.2, 0.25) is 0 Å². The highest BCUT2D eigenvalue weighted by atomic mass is 16.7. The summed E-state index contributed by atoms with van der Waals surface area (Å²) in [5, 5.41) is 0. The second-order valence-electron chi connectivity index (χ2n) is 2.77. The Morgan fingerprint density at radius 1 is 1.12 bits per heavy atom. The summed E-state index contributed by atoms with van der Waals surface area (Å²) >= 11 is 0. The third-order valence-electron chi connectivity index (χ3n) is 1.50. The van der Waals surface area contributed by atoms with Gasteiger partial charge in [0.05, 0.1) is 26.4 Å². The van der Waals surface area contributed by atoms with Crippen LogP contribution >= 0.6 is 0 Å². The molecule has 0 unspecified atom stereocenters. The van der Waals surface area contributed by atoms with Crippen molar-refractivity contribution in [2.75, 3.05) is 26.4 Å². The largest absolute Gasteiger partial charge is 0.508 e. The number of carbonyl (C=O) groups is 2. The van der Waals surface area contributed by atoms with E-state index in [0.717, 1.165) is 12.8 Å². The first-order valence-corrected chi connectivity index (χ1v) is 5.29. The van der Waals surface area contributed by atoms with Gasteiger partial charge in [-0.05, 0) is 26.7 Å². The molecule has 6 nitrogen and oxygen atoms in total. The summed E-state index contributed by atoms with van der Waals surface area (Å²) in [6.45, 7) is 5.24. The predicted molar refractivity (Wildman–Crippen MR) is 55.2 cm³/mol. The van der Waals surface area contributed by atoms with Gasteiger partial charge in [0.15, 0.2) is 0 Å². The fraction of sp³-hybridized carbons (Fsp3) is 0.800. The molecule has 94 valence electrons. The lowest BCUT2D eigenvalue weighted by Gasteiger charge is -1.98. The average molecular weight is 234 g/mol. The van der Waals surface area contributed by atoms with Crippen LogP contribution in [0.15, 0.2) is 0 Å². The van der Waals surface area contributed by atoms with Crippen LogP contribution in [0, 0.1) is 0 Å². The zero-order chi connectivity index (χ0) is 12.2. The van der Waals surface area contributed by atoms with Crippen molar-refractivity contribution in [1.29, 1.82) is 0 Å². The fourth-order valence-corrected chi connectivity index (χ4v) is 0.834. The van der Waals surface area contributed by atoms with Gasteiger partial charge in [0, 0.05) is 0 Å². The monoisotopic (exact) mass is 234 g/mol. The molecule has 0 aliphatic carbocycles. The first-order valence-electron chi connectivity index (χ1n) is 5.29. The van der Waals surface area contributed by atoms with Crippen LogP contribution in [0.3, 0.4) is 0 Å². The Morgan fingerprint density at radius 3 is 1.94 bits per heavy atom. The van der Waals surface area contributed by atoms with E-state index in [-0.39, 0.29) is 0 Å². The lowest BCUT2D eigenvalue weighted by atomic mass is 10.3. The van der Waals surface area contributed by atoms with E-state index >= 15 is 0 Å². The lowest BCUT2D eigenvalue weighted by Crippen LogP contribution is -2.05. The molecule has 16 heavy (non-hydrogen) atoms. The summed E-state index contributed by atoms with van der Waals surface area (Å²) in [6.07, 6.45) is 0.731. The Labute approximate surface area is 94.8 Å². The Morgan fingerprint density at radius 2 is 1.56 bits per heavy atom. The summed E-state index contributed by atoms with van der Waals surface area (Å²) < 4.78 is 17.9. The summed E-state index contributed by atoms with van der Waals surface area (Å²) in [7, 11) is 0. The standard InChI is InChI=1S/C5H8O3.C5H10O3/c6-5-7-3-1-2-4-8-5;1-3-7-5(6)8-4-2/h1-4H2;3-4H2,1-2H3. The maximum atomic E-state index is 10.2. The van der Waals surface area contributed by atoms with E-state index in [1.54, 1.807) is 13.8 Å². The van der Waals surface area contributed by atoms with Gasteiger partial charge in [0.25, 0.3) is 0 Å². The van der Waals surface area contributed by atoms with Gasteiger partial charge >= 0.3 is 12.3 Å². The third kappa shape index (κ3) is 9.11. The maximum Gasteiger partial charge on any atom is 0.508 e. The molecule has 0 aromatic rings. The molecule has 0 radical (unpaired) electrons. The van der Waals surface area contributed by atoms with Gasteiger partial charge in [0.1, 0.15) is 0 Å². The molecule has 1 fully saturated rings. The molecule has 1 heterocycles.